The topological polar surface area (TPSA) is 3.24 Å². The summed E-state index contributed by atoms with van der Waals surface area (Å²) >= 11 is 0. The molecule has 2 radical (unpaired) electrons. The summed E-state index contributed by atoms with van der Waals surface area (Å²) in [6.45, 7) is 3.11. The molecule has 0 aromatic carbocycles. The van der Waals surface area contributed by atoms with Crippen LogP contribution >= 0.6 is 0 Å². The average molecular weight is 82.9 g/mol. The van der Waals surface area contributed by atoms with Crippen LogP contribution in [0, 0.1) is 0 Å². The van der Waals surface area contributed by atoms with Gasteiger partial charge in [0, 0.05) is 0 Å². The zero-order chi connectivity index (χ0) is 4.99. The van der Waals surface area contributed by atoms with Crippen molar-refractivity contribution < 1.29 is 0 Å². The molecule has 0 N–H and O–H groups in total. The summed E-state index contributed by atoms with van der Waals surface area (Å²) in [5.41, 5.74) is 0. The molecule has 0 spiro atoms. The van der Waals surface area contributed by atoms with Crippen LogP contribution in [0.25, 0.3) is 0 Å². The predicted molar refractivity (Wildman–Crippen MR) is 28.9 cm³/mol. The van der Waals surface area contributed by atoms with Crippen LogP contribution in [0.2, 0.25) is 0 Å². The van der Waals surface area contributed by atoms with E-state index < -0.39 is 0 Å². The monoisotopic (exact) mass is 83.1 g/mol. The zero-order valence-electron chi connectivity index (χ0n) is 4.44. The van der Waals surface area contributed by atoms with Gasteiger partial charge in [-0.15, -0.1) is 0 Å². The largest absolute Gasteiger partial charge is 0.315 e. The zero-order valence-corrected chi connectivity index (χ0v) is 4.44. The van der Waals surface area contributed by atoms with Gasteiger partial charge in [0.2, 0.25) is 0 Å². The third-order valence-corrected chi connectivity index (χ3v) is 0.852. The molecule has 0 fully saturated rings. The molecule has 34 valence electrons. The van der Waals surface area contributed by atoms with Gasteiger partial charge in [0.05, 0.1) is 7.85 Å². The molecule has 0 saturated heterocycles. The summed E-state index contributed by atoms with van der Waals surface area (Å²) in [5, 5.41) is 0. The molecule has 0 aliphatic heterocycles. The molecule has 0 atom stereocenters. The van der Waals surface area contributed by atoms with Crippen molar-refractivity contribution in [2.24, 2.45) is 0 Å². The van der Waals surface area contributed by atoms with Gasteiger partial charge in [-0.2, -0.15) is 0 Å². The molecule has 6 heavy (non-hydrogen) atoms. The Kier molecular flexibility index (Phi) is 3.24. The van der Waals surface area contributed by atoms with Gasteiger partial charge in [-0.25, -0.2) is 0 Å². The minimum atomic E-state index is 0.663. The van der Waals surface area contributed by atoms with Gasteiger partial charge in [-0.3, -0.25) is 0 Å². The third kappa shape index (κ3) is 2.27. The van der Waals surface area contributed by atoms with E-state index in [1.165, 1.54) is 0 Å². The van der Waals surface area contributed by atoms with Crippen LogP contribution in [0.3, 0.4) is 0 Å². The lowest BCUT2D eigenvalue weighted by Crippen LogP contribution is -2.18. The standard InChI is InChI=1S/C4H10BN/c1-3-6(2)4-5/h3-4H2,1-2H3. The van der Waals surface area contributed by atoms with Crippen molar-refractivity contribution in [3.8, 4) is 0 Å². The molecule has 0 aliphatic rings. The van der Waals surface area contributed by atoms with Crippen molar-refractivity contribution >= 4 is 7.85 Å². The van der Waals surface area contributed by atoms with Crippen molar-refractivity contribution in [3.05, 3.63) is 0 Å². The van der Waals surface area contributed by atoms with Crippen molar-refractivity contribution in [1.82, 2.24) is 4.90 Å². The highest BCUT2D eigenvalue weighted by molar-refractivity contribution is 6.08. The Balaban J connectivity index is 2.75. The molecule has 0 rings (SSSR count). The van der Waals surface area contributed by atoms with E-state index in [9.17, 15) is 0 Å². The SMILES string of the molecule is [B]CN(C)CC. The Morgan fingerprint density at radius 1 is 1.67 bits per heavy atom. The Morgan fingerprint density at radius 3 is 2.17 bits per heavy atom. The Hall–Kier alpha value is 0.0249. The fourth-order valence-corrected chi connectivity index (χ4v) is 0.129. The van der Waals surface area contributed by atoms with Crippen molar-refractivity contribution in [3.63, 3.8) is 0 Å². The third-order valence-electron chi connectivity index (χ3n) is 0.852. The lowest BCUT2D eigenvalue weighted by Gasteiger charge is -2.07. The first-order chi connectivity index (χ1) is 2.81. The molecular formula is C4H10BN. The highest BCUT2D eigenvalue weighted by atomic mass is 15.1. The van der Waals surface area contributed by atoms with E-state index in [4.69, 9.17) is 7.85 Å². The molecule has 0 saturated carbocycles. The molecule has 2 heteroatoms. The molecule has 0 aromatic rings. The number of hydrogen-bond acceptors (Lipinski definition) is 1. The van der Waals surface area contributed by atoms with Crippen LogP contribution in [-0.2, 0) is 0 Å². The Morgan fingerprint density at radius 2 is 2.17 bits per heavy atom. The van der Waals surface area contributed by atoms with E-state index in [-0.39, 0.29) is 0 Å². The molecule has 0 aliphatic carbocycles. The average Bonchev–Trinajstić information content (AvgIpc) is 1.65. The second-order valence-corrected chi connectivity index (χ2v) is 1.35. The van der Waals surface area contributed by atoms with Crippen LogP contribution in [0.1, 0.15) is 6.92 Å². The maximum Gasteiger partial charge on any atom is 0.0863 e. The van der Waals surface area contributed by atoms with E-state index >= 15 is 0 Å². The summed E-state index contributed by atoms with van der Waals surface area (Å²) < 4.78 is 0. The van der Waals surface area contributed by atoms with Gasteiger partial charge in [-0.05, 0) is 20.0 Å². The molecule has 1 nitrogen and oxygen atoms in total. The van der Waals surface area contributed by atoms with E-state index in [1.54, 1.807) is 0 Å². The number of nitrogens with zero attached hydrogens (tertiary/aromatic N) is 1. The van der Waals surface area contributed by atoms with Gasteiger partial charge in [0.15, 0.2) is 0 Å². The number of hydrogen-bond donors (Lipinski definition) is 0. The minimum Gasteiger partial charge on any atom is -0.315 e. The van der Waals surface area contributed by atoms with Gasteiger partial charge >= 0.3 is 0 Å². The molecule has 0 heterocycles. The smallest absolute Gasteiger partial charge is 0.0863 e. The van der Waals surface area contributed by atoms with E-state index in [0.717, 1.165) is 6.54 Å². The van der Waals surface area contributed by atoms with Crippen molar-refractivity contribution in [2.45, 2.75) is 6.92 Å². The summed E-state index contributed by atoms with van der Waals surface area (Å²) in [6, 6.07) is 0. The molecule has 0 aromatic heterocycles. The van der Waals surface area contributed by atoms with E-state index in [0.29, 0.717) is 6.44 Å². The maximum absolute atomic E-state index is 5.21. The van der Waals surface area contributed by atoms with Crippen LogP contribution in [0.15, 0.2) is 0 Å². The highest BCUT2D eigenvalue weighted by Crippen LogP contribution is 1.70. The van der Waals surface area contributed by atoms with Crippen molar-refractivity contribution in [2.75, 3.05) is 20.0 Å². The van der Waals surface area contributed by atoms with Gasteiger partial charge < -0.3 is 4.90 Å². The first-order valence-electron chi connectivity index (χ1n) is 2.20. The van der Waals surface area contributed by atoms with Gasteiger partial charge in [-0.1, -0.05) is 6.92 Å². The molecular weight excluding hydrogens is 72.9 g/mol. The van der Waals surface area contributed by atoms with Crippen LogP contribution < -0.4 is 0 Å². The van der Waals surface area contributed by atoms with Crippen LogP contribution in [0.4, 0.5) is 0 Å². The van der Waals surface area contributed by atoms with E-state index in [2.05, 4.69) is 6.92 Å². The molecule has 0 amide bonds. The summed E-state index contributed by atoms with van der Waals surface area (Å²) in [5.74, 6) is 0. The van der Waals surface area contributed by atoms with E-state index in [1.807, 2.05) is 11.9 Å². The lowest BCUT2D eigenvalue weighted by molar-refractivity contribution is 0.412. The number of rotatable bonds is 2. The predicted octanol–water partition coefficient (Wildman–Crippen LogP) is 0.0641. The fourth-order valence-electron chi connectivity index (χ4n) is 0.129. The highest BCUT2D eigenvalue weighted by Gasteiger charge is 1.81. The van der Waals surface area contributed by atoms with Gasteiger partial charge in [0.1, 0.15) is 0 Å². The maximum atomic E-state index is 5.21. The van der Waals surface area contributed by atoms with Gasteiger partial charge in [0.25, 0.3) is 0 Å². The summed E-state index contributed by atoms with van der Waals surface area (Å²) in [7, 11) is 7.19. The van der Waals surface area contributed by atoms with Crippen LogP contribution in [-0.4, -0.2) is 32.8 Å². The molecule has 0 unspecified atom stereocenters. The molecule has 0 bridgehead atoms. The van der Waals surface area contributed by atoms with Crippen molar-refractivity contribution in [1.29, 1.82) is 0 Å². The first kappa shape index (κ1) is 6.02. The van der Waals surface area contributed by atoms with Crippen LogP contribution in [0.5, 0.6) is 0 Å². The summed E-state index contributed by atoms with van der Waals surface area (Å²) in [4.78, 5) is 2.03. The normalized spacial score (nSPS) is 9.83. The Labute approximate surface area is 40.7 Å². The fraction of sp³-hybridized carbons (Fsp3) is 1.00. The second kappa shape index (κ2) is 3.22. The second-order valence-electron chi connectivity index (χ2n) is 1.35. The Bertz CT molecular complexity index is 26.7. The quantitative estimate of drug-likeness (QED) is 0.427. The first-order valence-corrected chi connectivity index (χ1v) is 2.20. The lowest BCUT2D eigenvalue weighted by atomic mass is 10.1. The minimum absolute atomic E-state index is 0.663. The summed E-state index contributed by atoms with van der Waals surface area (Å²) in [6.07, 6.45) is 0.663.